The number of hydrogen-bond donors (Lipinski definition) is 0. The number of aryl methyl sites for hydroxylation is 1. The van der Waals surface area contributed by atoms with E-state index < -0.39 is 11.6 Å². The molecule has 3 aromatic heterocycles. The average molecular weight is 532 g/mol. The largest absolute Gasteiger partial charge is 0.493 e. The van der Waals surface area contributed by atoms with Crippen LogP contribution in [0.4, 0.5) is 5.69 Å². The monoisotopic (exact) mass is 531 g/mol. The molecule has 0 spiro atoms. The van der Waals surface area contributed by atoms with Gasteiger partial charge in [0.25, 0.3) is 0 Å². The molecule has 0 N–H and O–H groups in total. The SMILES string of the molecule is CCOc1cc(N(CC)CC)ccc1C1(c2c(-c3ccccc3)c(C)n3ccccc23)OC(=O)c2ncccc21. The van der Waals surface area contributed by atoms with Crippen molar-refractivity contribution in [3.05, 3.63) is 119 Å². The lowest BCUT2D eigenvalue weighted by atomic mass is 9.77. The Balaban J connectivity index is 1.77. The predicted molar refractivity (Wildman–Crippen MR) is 158 cm³/mol. The molecule has 0 bridgehead atoms. The number of fused-ring (bicyclic) bond motifs is 2. The van der Waals surface area contributed by atoms with Gasteiger partial charge in [0.05, 0.1) is 12.1 Å². The summed E-state index contributed by atoms with van der Waals surface area (Å²) in [6, 6.07) is 26.5. The van der Waals surface area contributed by atoms with E-state index in [-0.39, 0.29) is 0 Å². The summed E-state index contributed by atoms with van der Waals surface area (Å²) in [6.07, 6.45) is 3.70. The lowest BCUT2D eigenvalue weighted by Gasteiger charge is -2.33. The minimum absolute atomic E-state index is 0.324. The van der Waals surface area contributed by atoms with Gasteiger partial charge in [0.1, 0.15) is 5.75 Å². The minimum atomic E-state index is -1.28. The van der Waals surface area contributed by atoms with E-state index >= 15 is 0 Å². The first kappa shape index (κ1) is 25.7. The molecule has 0 fully saturated rings. The smallest absolute Gasteiger partial charge is 0.358 e. The fourth-order valence-electron chi connectivity index (χ4n) is 6.16. The van der Waals surface area contributed by atoms with Gasteiger partial charge in [0.2, 0.25) is 0 Å². The van der Waals surface area contributed by atoms with Gasteiger partial charge < -0.3 is 18.8 Å². The van der Waals surface area contributed by atoms with Crippen molar-refractivity contribution in [1.29, 1.82) is 0 Å². The molecule has 5 aromatic rings. The number of aromatic nitrogens is 2. The highest BCUT2D eigenvalue weighted by atomic mass is 16.6. The number of rotatable bonds is 8. The van der Waals surface area contributed by atoms with E-state index in [1.165, 1.54) is 0 Å². The van der Waals surface area contributed by atoms with Crippen LogP contribution in [0.2, 0.25) is 0 Å². The number of benzene rings is 2. The van der Waals surface area contributed by atoms with Gasteiger partial charge in [-0.25, -0.2) is 9.78 Å². The van der Waals surface area contributed by atoms with Crippen molar-refractivity contribution in [1.82, 2.24) is 9.38 Å². The summed E-state index contributed by atoms with van der Waals surface area (Å²) < 4.78 is 15.1. The Morgan fingerprint density at radius 1 is 0.925 bits per heavy atom. The molecule has 0 aliphatic carbocycles. The molecule has 0 saturated carbocycles. The number of cyclic esters (lactones) is 1. The predicted octanol–water partition coefficient (Wildman–Crippen LogP) is 7.02. The summed E-state index contributed by atoms with van der Waals surface area (Å²) in [6.45, 7) is 10.6. The maximum Gasteiger partial charge on any atom is 0.358 e. The Morgan fingerprint density at radius 2 is 1.70 bits per heavy atom. The van der Waals surface area contributed by atoms with Crippen molar-refractivity contribution in [2.75, 3.05) is 24.6 Å². The summed E-state index contributed by atoms with van der Waals surface area (Å²) in [4.78, 5) is 20.4. The molecule has 202 valence electrons. The number of hydrogen-bond acceptors (Lipinski definition) is 5. The van der Waals surface area contributed by atoms with Crippen LogP contribution in [0, 0.1) is 6.92 Å². The summed E-state index contributed by atoms with van der Waals surface area (Å²) in [5, 5.41) is 0. The lowest BCUT2D eigenvalue weighted by Crippen LogP contribution is -2.31. The van der Waals surface area contributed by atoms with Gasteiger partial charge in [-0.05, 0) is 63.6 Å². The zero-order valence-corrected chi connectivity index (χ0v) is 23.3. The van der Waals surface area contributed by atoms with Crippen molar-refractivity contribution in [2.24, 2.45) is 0 Å². The van der Waals surface area contributed by atoms with Crippen LogP contribution in [-0.2, 0) is 10.3 Å². The van der Waals surface area contributed by atoms with Crippen LogP contribution >= 0.6 is 0 Å². The topological polar surface area (TPSA) is 56.1 Å². The van der Waals surface area contributed by atoms with Crippen molar-refractivity contribution >= 4 is 17.2 Å². The molecule has 1 unspecified atom stereocenters. The van der Waals surface area contributed by atoms with Crippen LogP contribution in [-0.4, -0.2) is 35.1 Å². The van der Waals surface area contributed by atoms with E-state index in [0.29, 0.717) is 23.6 Å². The van der Waals surface area contributed by atoms with Crippen LogP contribution in [0.3, 0.4) is 0 Å². The third kappa shape index (κ3) is 3.78. The molecule has 2 aromatic carbocycles. The van der Waals surface area contributed by atoms with Gasteiger partial charge in [0, 0.05) is 65.2 Å². The second-order valence-electron chi connectivity index (χ2n) is 9.91. The van der Waals surface area contributed by atoms with Crippen molar-refractivity contribution < 1.29 is 14.3 Å². The first-order valence-electron chi connectivity index (χ1n) is 13.9. The molecule has 6 heteroatoms. The molecule has 6 rings (SSSR count). The van der Waals surface area contributed by atoms with Crippen molar-refractivity contribution in [3.8, 4) is 16.9 Å². The molecule has 4 heterocycles. The number of nitrogens with zero attached hydrogens (tertiary/aromatic N) is 3. The van der Waals surface area contributed by atoms with E-state index in [9.17, 15) is 4.79 Å². The van der Waals surface area contributed by atoms with E-state index in [0.717, 1.165) is 52.2 Å². The number of anilines is 1. The maximum atomic E-state index is 13.6. The maximum absolute atomic E-state index is 13.6. The number of esters is 1. The zero-order valence-electron chi connectivity index (χ0n) is 23.3. The van der Waals surface area contributed by atoms with Gasteiger partial charge in [-0.2, -0.15) is 0 Å². The average Bonchev–Trinajstić information content (AvgIpc) is 3.46. The summed E-state index contributed by atoms with van der Waals surface area (Å²) in [5.41, 5.74) is 6.57. The molecule has 0 amide bonds. The Labute approximate surface area is 234 Å². The number of carbonyl (C=O) groups excluding carboxylic acids is 1. The molecule has 1 aliphatic rings. The Kier molecular flexibility index (Phi) is 6.54. The molecule has 6 nitrogen and oxygen atoms in total. The van der Waals surface area contributed by atoms with Crippen LogP contribution < -0.4 is 9.64 Å². The molecular formula is C34H33N3O3. The summed E-state index contributed by atoms with van der Waals surface area (Å²) >= 11 is 0. The van der Waals surface area contributed by atoms with Gasteiger partial charge in [-0.3, -0.25) is 0 Å². The Morgan fingerprint density at radius 3 is 2.45 bits per heavy atom. The fourth-order valence-corrected chi connectivity index (χ4v) is 6.16. The third-order valence-electron chi connectivity index (χ3n) is 7.90. The van der Waals surface area contributed by atoms with Crippen LogP contribution in [0.25, 0.3) is 16.6 Å². The lowest BCUT2D eigenvalue weighted by molar-refractivity contribution is 0.0247. The van der Waals surface area contributed by atoms with Gasteiger partial charge in [-0.1, -0.05) is 42.5 Å². The van der Waals surface area contributed by atoms with Crippen LogP contribution in [0.15, 0.2) is 91.3 Å². The quantitative estimate of drug-likeness (QED) is 0.202. The van der Waals surface area contributed by atoms with Crippen molar-refractivity contribution in [3.63, 3.8) is 0 Å². The number of ether oxygens (including phenoxy) is 2. The highest BCUT2D eigenvalue weighted by molar-refractivity contribution is 5.97. The van der Waals surface area contributed by atoms with E-state index in [2.05, 4.69) is 77.7 Å². The minimum Gasteiger partial charge on any atom is -0.493 e. The molecule has 40 heavy (non-hydrogen) atoms. The van der Waals surface area contributed by atoms with Crippen LogP contribution in [0.1, 0.15) is 53.6 Å². The van der Waals surface area contributed by atoms with Gasteiger partial charge in [-0.15, -0.1) is 0 Å². The second kappa shape index (κ2) is 10.2. The van der Waals surface area contributed by atoms with E-state index in [1.807, 2.05) is 49.4 Å². The number of pyridine rings is 2. The highest BCUT2D eigenvalue weighted by Crippen LogP contribution is 2.54. The fraction of sp³-hybridized carbons (Fsp3) is 0.235. The molecule has 0 radical (unpaired) electrons. The molecule has 0 saturated heterocycles. The van der Waals surface area contributed by atoms with E-state index in [1.54, 1.807) is 6.20 Å². The third-order valence-corrected chi connectivity index (χ3v) is 7.90. The summed E-state index contributed by atoms with van der Waals surface area (Å²) in [5.74, 6) is 0.237. The van der Waals surface area contributed by atoms with Gasteiger partial charge >= 0.3 is 5.97 Å². The van der Waals surface area contributed by atoms with Gasteiger partial charge in [0.15, 0.2) is 11.3 Å². The standard InChI is InChI=1S/C34H33N3O3/c1-5-36(6-2)25-18-19-26(29(22-25)39-7-3)34(27-16-13-20-35-32(27)33(38)40-34)31-28-17-11-12-21-37(28)23(4)30(31)24-14-9-8-10-15-24/h8-22H,5-7H2,1-4H3. The first-order chi connectivity index (χ1) is 19.5. The number of carbonyl (C=O) groups is 1. The normalized spacial score (nSPS) is 16.1. The molecule has 1 atom stereocenters. The molecular weight excluding hydrogens is 498 g/mol. The Bertz CT molecular complexity index is 1700. The zero-order chi connectivity index (χ0) is 27.9. The van der Waals surface area contributed by atoms with Crippen molar-refractivity contribution in [2.45, 2.75) is 33.3 Å². The summed E-state index contributed by atoms with van der Waals surface area (Å²) in [7, 11) is 0. The van der Waals surface area contributed by atoms with Crippen LogP contribution in [0.5, 0.6) is 5.75 Å². The Hall–Kier alpha value is -4.58. The first-order valence-corrected chi connectivity index (χ1v) is 13.9. The second-order valence-corrected chi connectivity index (χ2v) is 9.91. The highest BCUT2D eigenvalue weighted by Gasteiger charge is 2.53. The molecule has 1 aliphatic heterocycles. The van der Waals surface area contributed by atoms with E-state index in [4.69, 9.17) is 9.47 Å².